The summed E-state index contributed by atoms with van der Waals surface area (Å²) in [5.41, 5.74) is 9.15. The number of nitrogen functional groups attached to an aromatic ring is 1. The molecule has 4 N–H and O–H groups in total. The smallest absolute Gasteiger partial charge is 0.155 e. The van der Waals surface area contributed by atoms with Crippen molar-refractivity contribution in [2.45, 2.75) is 25.9 Å². The van der Waals surface area contributed by atoms with Gasteiger partial charge in [0.1, 0.15) is 12.0 Å². The molecule has 3 rings (SSSR count). The SMILES string of the molecule is CC(Nc1ncnc(NC(C)c2ccccc2)c1N)c1ccccc1. The van der Waals surface area contributed by atoms with Crippen LogP contribution in [0.4, 0.5) is 17.3 Å². The predicted octanol–water partition coefficient (Wildman–Crippen LogP) is 4.41. The van der Waals surface area contributed by atoms with Crippen LogP contribution in [0.15, 0.2) is 67.0 Å². The van der Waals surface area contributed by atoms with Crippen LogP contribution in [0.5, 0.6) is 0 Å². The van der Waals surface area contributed by atoms with Gasteiger partial charge in [0.25, 0.3) is 0 Å². The largest absolute Gasteiger partial charge is 0.393 e. The van der Waals surface area contributed by atoms with Crippen LogP contribution in [0.3, 0.4) is 0 Å². The number of aromatic nitrogens is 2. The summed E-state index contributed by atoms with van der Waals surface area (Å²) in [4.78, 5) is 8.59. The second-order valence-corrected chi connectivity index (χ2v) is 6.04. The molecule has 0 bridgehead atoms. The molecule has 1 aromatic heterocycles. The van der Waals surface area contributed by atoms with Crippen LogP contribution >= 0.6 is 0 Å². The molecule has 2 aromatic carbocycles. The summed E-state index contributed by atoms with van der Waals surface area (Å²) in [7, 11) is 0. The third-order valence-corrected chi connectivity index (χ3v) is 4.19. The van der Waals surface area contributed by atoms with E-state index in [4.69, 9.17) is 5.73 Å². The lowest BCUT2D eigenvalue weighted by Gasteiger charge is -2.20. The minimum atomic E-state index is 0.0952. The van der Waals surface area contributed by atoms with Crippen LogP contribution in [-0.2, 0) is 0 Å². The maximum absolute atomic E-state index is 6.29. The van der Waals surface area contributed by atoms with Crippen molar-refractivity contribution in [2.24, 2.45) is 0 Å². The van der Waals surface area contributed by atoms with E-state index < -0.39 is 0 Å². The van der Waals surface area contributed by atoms with Crippen molar-refractivity contribution < 1.29 is 0 Å². The highest BCUT2D eigenvalue weighted by atomic mass is 15.1. The second kappa shape index (κ2) is 7.66. The molecule has 5 nitrogen and oxygen atoms in total. The summed E-state index contributed by atoms with van der Waals surface area (Å²) in [5.74, 6) is 1.27. The fourth-order valence-electron chi connectivity index (χ4n) is 2.69. The molecule has 128 valence electrons. The lowest BCUT2D eigenvalue weighted by Crippen LogP contribution is -2.14. The highest BCUT2D eigenvalue weighted by Crippen LogP contribution is 2.28. The number of hydrogen-bond acceptors (Lipinski definition) is 5. The third kappa shape index (κ3) is 4.07. The number of rotatable bonds is 6. The lowest BCUT2D eigenvalue weighted by atomic mass is 10.1. The molecule has 0 aliphatic rings. The van der Waals surface area contributed by atoms with Gasteiger partial charge in [-0.2, -0.15) is 0 Å². The van der Waals surface area contributed by atoms with E-state index in [1.165, 1.54) is 17.5 Å². The Morgan fingerprint density at radius 3 is 1.52 bits per heavy atom. The molecule has 0 saturated carbocycles. The highest BCUT2D eigenvalue weighted by molar-refractivity contribution is 5.74. The van der Waals surface area contributed by atoms with E-state index in [0.717, 1.165) is 0 Å². The van der Waals surface area contributed by atoms with E-state index in [0.29, 0.717) is 17.3 Å². The molecular formula is C20H23N5. The van der Waals surface area contributed by atoms with Crippen LogP contribution in [0, 0.1) is 0 Å². The molecular weight excluding hydrogens is 310 g/mol. The Balaban J connectivity index is 1.76. The lowest BCUT2D eigenvalue weighted by molar-refractivity contribution is 0.861. The van der Waals surface area contributed by atoms with Crippen LogP contribution in [-0.4, -0.2) is 9.97 Å². The third-order valence-electron chi connectivity index (χ3n) is 4.19. The molecule has 0 fully saturated rings. The number of nitrogens with zero attached hydrogens (tertiary/aromatic N) is 2. The Morgan fingerprint density at radius 1 is 0.720 bits per heavy atom. The van der Waals surface area contributed by atoms with Gasteiger partial charge in [0.05, 0.1) is 12.1 Å². The molecule has 5 heteroatoms. The van der Waals surface area contributed by atoms with Gasteiger partial charge >= 0.3 is 0 Å². The van der Waals surface area contributed by atoms with Crippen molar-refractivity contribution in [3.8, 4) is 0 Å². The Kier molecular flexibility index (Phi) is 5.14. The summed E-state index contributed by atoms with van der Waals surface area (Å²) in [6, 6.07) is 20.6. The van der Waals surface area contributed by atoms with E-state index >= 15 is 0 Å². The van der Waals surface area contributed by atoms with Crippen molar-refractivity contribution in [1.29, 1.82) is 0 Å². The Bertz CT molecular complexity index is 739. The summed E-state index contributed by atoms with van der Waals surface area (Å²) >= 11 is 0. The maximum Gasteiger partial charge on any atom is 0.155 e. The molecule has 2 atom stereocenters. The van der Waals surface area contributed by atoms with Gasteiger partial charge in [0.15, 0.2) is 11.6 Å². The van der Waals surface area contributed by atoms with E-state index in [2.05, 4.69) is 58.7 Å². The second-order valence-electron chi connectivity index (χ2n) is 6.04. The minimum Gasteiger partial charge on any atom is -0.393 e. The summed E-state index contributed by atoms with van der Waals surface area (Å²) in [6.45, 7) is 4.16. The van der Waals surface area contributed by atoms with Crippen LogP contribution in [0.1, 0.15) is 37.1 Å². The first kappa shape index (κ1) is 16.8. The Labute approximate surface area is 148 Å². The number of benzene rings is 2. The molecule has 0 amide bonds. The minimum absolute atomic E-state index is 0.0952. The Hall–Kier alpha value is -3.08. The zero-order valence-corrected chi connectivity index (χ0v) is 14.5. The Morgan fingerprint density at radius 2 is 1.12 bits per heavy atom. The first-order valence-corrected chi connectivity index (χ1v) is 8.38. The molecule has 1 heterocycles. The van der Waals surface area contributed by atoms with Gasteiger partial charge in [0, 0.05) is 0 Å². The van der Waals surface area contributed by atoms with Gasteiger partial charge in [-0.1, -0.05) is 60.7 Å². The van der Waals surface area contributed by atoms with Crippen molar-refractivity contribution >= 4 is 17.3 Å². The normalized spacial score (nSPS) is 13.0. The van der Waals surface area contributed by atoms with Crippen molar-refractivity contribution in [3.63, 3.8) is 0 Å². The van der Waals surface area contributed by atoms with Gasteiger partial charge in [-0.05, 0) is 25.0 Å². The van der Waals surface area contributed by atoms with Crippen LogP contribution in [0.2, 0.25) is 0 Å². The van der Waals surface area contributed by atoms with Gasteiger partial charge in [0.2, 0.25) is 0 Å². The van der Waals surface area contributed by atoms with E-state index in [9.17, 15) is 0 Å². The van der Waals surface area contributed by atoms with Gasteiger partial charge in [-0.15, -0.1) is 0 Å². The first-order chi connectivity index (χ1) is 12.1. The van der Waals surface area contributed by atoms with Gasteiger partial charge in [-0.3, -0.25) is 0 Å². The van der Waals surface area contributed by atoms with E-state index in [1.807, 2.05) is 36.4 Å². The number of nitrogens with two attached hydrogens (primary N) is 1. The topological polar surface area (TPSA) is 75.9 Å². The average molecular weight is 333 g/mol. The zero-order valence-electron chi connectivity index (χ0n) is 14.5. The molecule has 0 aliphatic heterocycles. The maximum atomic E-state index is 6.29. The van der Waals surface area contributed by atoms with Crippen molar-refractivity contribution in [3.05, 3.63) is 78.1 Å². The molecule has 2 unspecified atom stereocenters. The predicted molar refractivity (Wildman–Crippen MR) is 103 cm³/mol. The van der Waals surface area contributed by atoms with Crippen molar-refractivity contribution in [1.82, 2.24) is 9.97 Å². The van der Waals surface area contributed by atoms with Gasteiger partial charge < -0.3 is 16.4 Å². The number of nitrogens with one attached hydrogen (secondary N) is 2. The standard InChI is InChI=1S/C20H23N5/c1-14(16-9-5-3-6-10-16)24-19-18(21)20(23-13-22-19)25-15(2)17-11-7-4-8-12-17/h3-15H,21H2,1-2H3,(H2,22,23,24,25). The molecule has 0 spiro atoms. The molecule has 0 aliphatic carbocycles. The highest BCUT2D eigenvalue weighted by Gasteiger charge is 2.14. The quantitative estimate of drug-likeness (QED) is 0.623. The van der Waals surface area contributed by atoms with E-state index in [1.54, 1.807) is 0 Å². The zero-order chi connectivity index (χ0) is 17.6. The first-order valence-electron chi connectivity index (χ1n) is 8.38. The van der Waals surface area contributed by atoms with Crippen LogP contribution < -0.4 is 16.4 Å². The molecule has 3 aromatic rings. The number of hydrogen-bond donors (Lipinski definition) is 3. The van der Waals surface area contributed by atoms with E-state index in [-0.39, 0.29) is 12.1 Å². The number of anilines is 3. The van der Waals surface area contributed by atoms with Crippen LogP contribution in [0.25, 0.3) is 0 Å². The summed E-state index contributed by atoms with van der Waals surface area (Å²) < 4.78 is 0. The molecule has 0 radical (unpaired) electrons. The summed E-state index contributed by atoms with van der Waals surface area (Å²) in [5, 5.41) is 6.73. The monoisotopic (exact) mass is 333 g/mol. The van der Waals surface area contributed by atoms with Crippen molar-refractivity contribution in [2.75, 3.05) is 16.4 Å². The molecule has 0 saturated heterocycles. The fraction of sp³-hybridized carbons (Fsp3) is 0.200. The average Bonchev–Trinajstić information content (AvgIpc) is 2.66. The fourth-order valence-corrected chi connectivity index (χ4v) is 2.69. The molecule has 25 heavy (non-hydrogen) atoms. The summed E-state index contributed by atoms with van der Waals surface area (Å²) in [6.07, 6.45) is 1.52. The van der Waals surface area contributed by atoms with Gasteiger partial charge in [-0.25, -0.2) is 9.97 Å².